The quantitative estimate of drug-likeness (QED) is 0.324. The molecule has 8 nitrogen and oxygen atoms in total. The number of aromatic nitrogens is 1. The molecule has 0 fully saturated rings. The number of hydrogen-bond donors (Lipinski definition) is 3. The lowest BCUT2D eigenvalue weighted by Crippen LogP contribution is -2.11. The van der Waals surface area contributed by atoms with Gasteiger partial charge in [-0.2, -0.15) is 0 Å². The molecule has 0 radical (unpaired) electrons. The molecule has 3 rings (SSSR count). The van der Waals surface area contributed by atoms with Gasteiger partial charge in [-0.1, -0.05) is 0 Å². The minimum absolute atomic E-state index is 0.0442. The van der Waals surface area contributed by atoms with Crippen molar-refractivity contribution in [2.75, 3.05) is 24.3 Å². The smallest absolute Gasteiger partial charge is 0.271 e. The number of ether oxygens (including phenoxy) is 1. The van der Waals surface area contributed by atoms with E-state index in [0.717, 1.165) is 22.2 Å². The minimum atomic E-state index is -0.475. The van der Waals surface area contributed by atoms with Crippen LogP contribution in [0.3, 0.4) is 0 Å². The average molecular weight is 380 g/mol. The number of nitrogens with zero attached hydrogens (tertiary/aromatic N) is 1. The summed E-state index contributed by atoms with van der Waals surface area (Å²) in [4.78, 5) is 26.0. The third kappa shape index (κ3) is 4.12. The number of carbonyl (C=O) groups excluding carboxylic acids is 1. The topological polar surface area (TPSA) is 109 Å². The first kappa shape index (κ1) is 19.0. The molecule has 0 atom stereocenters. The molecule has 1 aromatic heterocycles. The molecule has 0 bridgehead atoms. The van der Waals surface area contributed by atoms with Crippen LogP contribution in [0.25, 0.3) is 17.0 Å². The predicted molar refractivity (Wildman–Crippen MR) is 110 cm³/mol. The lowest BCUT2D eigenvalue weighted by molar-refractivity contribution is -0.384. The Balaban J connectivity index is 1.79. The van der Waals surface area contributed by atoms with Crippen molar-refractivity contribution in [3.63, 3.8) is 0 Å². The van der Waals surface area contributed by atoms with Gasteiger partial charge in [-0.15, -0.1) is 0 Å². The van der Waals surface area contributed by atoms with Gasteiger partial charge in [0.05, 0.1) is 23.4 Å². The minimum Gasteiger partial charge on any atom is -0.497 e. The standard InChI is InChI=1S/C20H20N4O4/c1-3-21-19-10-14(24(26)27)5-7-18(19)23-20(25)9-4-13-12-22-17-8-6-15(28-2)11-16(13)17/h4-12,21-22H,3H2,1-2H3,(H,23,25)/b9-4+. The van der Waals surface area contributed by atoms with Crippen molar-refractivity contribution < 1.29 is 14.5 Å². The van der Waals surface area contributed by atoms with Crippen molar-refractivity contribution >= 4 is 39.9 Å². The molecule has 3 aromatic rings. The molecule has 0 spiro atoms. The van der Waals surface area contributed by atoms with Crippen LogP contribution in [0.5, 0.6) is 5.75 Å². The number of H-pyrrole nitrogens is 1. The van der Waals surface area contributed by atoms with Gasteiger partial charge in [0, 0.05) is 47.4 Å². The number of amides is 1. The molecular weight excluding hydrogens is 360 g/mol. The highest BCUT2D eigenvalue weighted by Crippen LogP contribution is 2.27. The van der Waals surface area contributed by atoms with Gasteiger partial charge in [0.15, 0.2) is 0 Å². The van der Waals surface area contributed by atoms with Crippen molar-refractivity contribution in [2.45, 2.75) is 6.92 Å². The molecule has 0 aliphatic heterocycles. The van der Waals surface area contributed by atoms with E-state index in [2.05, 4.69) is 15.6 Å². The molecular formula is C20H20N4O4. The first-order valence-electron chi connectivity index (χ1n) is 8.68. The lowest BCUT2D eigenvalue weighted by Gasteiger charge is -2.10. The summed E-state index contributed by atoms with van der Waals surface area (Å²) in [7, 11) is 1.60. The summed E-state index contributed by atoms with van der Waals surface area (Å²) >= 11 is 0. The first-order chi connectivity index (χ1) is 13.5. The van der Waals surface area contributed by atoms with Gasteiger partial charge >= 0.3 is 0 Å². The van der Waals surface area contributed by atoms with E-state index in [0.29, 0.717) is 17.9 Å². The normalized spacial score (nSPS) is 10.9. The van der Waals surface area contributed by atoms with Crippen LogP contribution in [-0.2, 0) is 4.79 Å². The van der Waals surface area contributed by atoms with E-state index in [1.807, 2.05) is 31.3 Å². The van der Waals surface area contributed by atoms with Gasteiger partial charge in [0.2, 0.25) is 5.91 Å². The number of nitrogens with one attached hydrogen (secondary N) is 3. The van der Waals surface area contributed by atoms with Crippen LogP contribution >= 0.6 is 0 Å². The van der Waals surface area contributed by atoms with Crippen molar-refractivity contribution in [3.8, 4) is 5.75 Å². The molecule has 0 unspecified atom stereocenters. The molecule has 144 valence electrons. The maximum absolute atomic E-state index is 12.3. The number of methoxy groups -OCH3 is 1. The molecule has 1 amide bonds. The fraction of sp³-hybridized carbons (Fsp3) is 0.150. The van der Waals surface area contributed by atoms with Crippen LogP contribution < -0.4 is 15.4 Å². The summed E-state index contributed by atoms with van der Waals surface area (Å²) < 4.78 is 5.24. The summed E-state index contributed by atoms with van der Waals surface area (Å²) in [6, 6.07) is 9.92. The zero-order valence-electron chi connectivity index (χ0n) is 15.5. The maximum Gasteiger partial charge on any atom is 0.271 e. The second kappa shape index (κ2) is 8.26. The molecule has 0 saturated heterocycles. The summed E-state index contributed by atoms with van der Waals surface area (Å²) in [5, 5.41) is 17.7. The number of benzene rings is 2. The third-order valence-electron chi connectivity index (χ3n) is 4.17. The Labute approximate surface area is 161 Å². The van der Waals surface area contributed by atoms with E-state index in [-0.39, 0.29) is 11.6 Å². The zero-order chi connectivity index (χ0) is 20.1. The Morgan fingerprint density at radius 3 is 2.79 bits per heavy atom. The number of fused-ring (bicyclic) bond motifs is 1. The van der Waals surface area contributed by atoms with E-state index in [1.165, 1.54) is 24.3 Å². The number of anilines is 2. The van der Waals surface area contributed by atoms with Gasteiger partial charge in [-0.25, -0.2) is 0 Å². The molecule has 2 aromatic carbocycles. The van der Waals surface area contributed by atoms with Crippen molar-refractivity contribution in [3.05, 3.63) is 64.3 Å². The van der Waals surface area contributed by atoms with E-state index in [1.54, 1.807) is 13.2 Å². The van der Waals surface area contributed by atoms with Crippen LogP contribution in [0.2, 0.25) is 0 Å². The number of carbonyl (C=O) groups is 1. The van der Waals surface area contributed by atoms with Crippen LogP contribution in [0, 0.1) is 10.1 Å². The fourth-order valence-corrected chi connectivity index (χ4v) is 2.82. The second-order valence-electron chi connectivity index (χ2n) is 6.00. The lowest BCUT2D eigenvalue weighted by atomic mass is 10.1. The summed E-state index contributed by atoms with van der Waals surface area (Å²) in [6.07, 6.45) is 4.93. The second-order valence-corrected chi connectivity index (χ2v) is 6.00. The number of hydrogen-bond acceptors (Lipinski definition) is 5. The SMILES string of the molecule is CCNc1cc([N+](=O)[O-])ccc1NC(=O)/C=C/c1c[nH]c2ccc(OC)cc12. The van der Waals surface area contributed by atoms with Gasteiger partial charge < -0.3 is 20.4 Å². The van der Waals surface area contributed by atoms with E-state index >= 15 is 0 Å². The number of nitro groups is 1. The van der Waals surface area contributed by atoms with Crippen molar-refractivity contribution in [1.29, 1.82) is 0 Å². The van der Waals surface area contributed by atoms with Crippen LogP contribution in [0.4, 0.5) is 17.1 Å². The van der Waals surface area contributed by atoms with Crippen LogP contribution in [-0.4, -0.2) is 29.5 Å². The number of nitro benzene ring substituents is 1. The Morgan fingerprint density at radius 2 is 2.07 bits per heavy atom. The molecule has 1 heterocycles. The molecule has 28 heavy (non-hydrogen) atoms. The highest BCUT2D eigenvalue weighted by Gasteiger charge is 2.12. The van der Waals surface area contributed by atoms with Gasteiger partial charge in [-0.3, -0.25) is 14.9 Å². The largest absolute Gasteiger partial charge is 0.497 e. The number of non-ortho nitro benzene ring substituents is 1. The van der Waals surface area contributed by atoms with Crippen LogP contribution in [0.1, 0.15) is 12.5 Å². The van der Waals surface area contributed by atoms with Crippen LogP contribution in [0.15, 0.2) is 48.7 Å². The average Bonchev–Trinajstić information content (AvgIpc) is 3.09. The van der Waals surface area contributed by atoms with Crippen molar-refractivity contribution in [1.82, 2.24) is 4.98 Å². The predicted octanol–water partition coefficient (Wildman–Crippen LogP) is 4.17. The Hall–Kier alpha value is -3.81. The molecule has 8 heteroatoms. The van der Waals surface area contributed by atoms with E-state index in [9.17, 15) is 14.9 Å². The molecule has 0 aliphatic carbocycles. The van der Waals surface area contributed by atoms with Gasteiger partial charge in [0.1, 0.15) is 5.75 Å². The number of aromatic amines is 1. The first-order valence-corrected chi connectivity index (χ1v) is 8.68. The molecule has 3 N–H and O–H groups in total. The number of rotatable bonds is 7. The third-order valence-corrected chi connectivity index (χ3v) is 4.17. The fourth-order valence-electron chi connectivity index (χ4n) is 2.82. The zero-order valence-corrected chi connectivity index (χ0v) is 15.5. The Kier molecular flexibility index (Phi) is 5.59. The van der Waals surface area contributed by atoms with Gasteiger partial charge in [0.25, 0.3) is 5.69 Å². The Bertz CT molecular complexity index is 1060. The summed E-state index contributed by atoms with van der Waals surface area (Å²) in [6.45, 7) is 2.44. The highest BCUT2D eigenvalue weighted by atomic mass is 16.6. The van der Waals surface area contributed by atoms with Crippen molar-refractivity contribution in [2.24, 2.45) is 0 Å². The van der Waals surface area contributed by atoms with Gasteiger partial charge in [-0.05, 0) is 37.3 Å². The van der Waals surface area contributed by atoms with E-state index in [4.69, 9.17) is 4.74 Å². The maximum atomic E-state index is 12.3. The highest BCUT2D eigenvalue weighted by molar-refractivity contribution is 6.05. The molecule has 0 saturated carbocycles. The van der Waals surface area contributed by atoms with E-state index < -0.39 is 4.92 Å². The Morgan fingerprint density at radius 1 is 1.25 bits per heavy atom. The summed E-state index contributed by atoms with van der Waals surface area (Å²) in [5.74, 6) is 0.387. The monoisotopic (exact) mass is 380 g/mol. The summed E-state index contributed by atoms with van der Waals surface area (Å²) in [5.41, 5.74) is 2.71. The molecule has 0 aliphatic rings.